The molecular formula is C36H66N2O4S. The topological polar surface area (TPSA) is 86.7 Å². The summed E-state index contributed by atoms with van der Waals surface area (Å²) in [6.07, 6.45) is 17.8. The molecule has 4 aliphatic rings. The van der Waals surface area contributed by atoms with Crippen LogP contribution in [0.2, 0.25) is 0 Å². The molecule has 0 radical (unpaired) electrons. The highest BCUT2D eigenvalue weighted by molar-refractivity contribution is 7.85. The molecule has 0 aliphatic heterocycles. The van der Waals surface area contributed by atoms with Crippen molar-refractivity contribution in [1.29, 1.82) is 0 Å². The Labute approximate surface area is 265 Å². The quantitative estimate of drug-likeness (QED) is 0.152. The lowest BCUT2D eigenvalue weighted by atomic mass is 9.42. The van der Waals surface area contributed by atoms with E-state index in [1.54, 1.807) is 0 Å². The zero-order valence-corrected chi connectivity index (χ0v) is 29.6. The highest BCUT2D eigenvalue weighted by atomic mass is 32.2. The van der Waals surface area contributed by atoms with Crippen LogP contribution >= 0.6 is 0 Å². The third kappa shape index (κ3) is 7.84. The number of fused-ring (bicyclic) bond motifs is 5. The van der Waals surface area contributed by atoms with Gasteiger partial charge in [-0.05, 0) is 137 Å². The molecule has 0 saturated heterocycles. The molecule has 10 atom stereocenters. The SMILES string of the molecule is CC(C)CCC[C@@H](C)[C@H]1CC[C@H]2[C@@H]3CCC4CCCC(C(=O)NCCCC(CCS(=O)(=O)O)N(C)C)[C@]4(C)[C@H]3CC[C@]12C. The smallest absolute Gasteiger partial charge is 0.264 e. The molecule has 4 saturated carbocycles. The third-order valence-electron chi connectivity index (χ3n) is 13.7. The van der Waals surface area contributed by atoms with E-state index in [-0.39, 0.29) is 29.0 Å². The van der Waals surface area contributed by atoms with Crippen LogP contribution in [0.25, 0.3) is 0 Å². The number of rotatable bonds is 14. The van der Waals surface area contributed by atoms with Gasteiger partial charge in [-0.1, -0.05) is 60.3 Å². The van der Waals surface area contributed by atoms with E-state index in [2.05, 4.69) is 39.9 Å². The normalized spacial score (nSPS) is 37.4. The van der Waals surface area contributed by atoms with E-state index >= 15 is 0 Å². The highest BCUT2D eigenvalue weighted by Crippen LogP contribution is 2.69. The second kappa shape index (κ2) is 14.4. The van der Waals surface area contributed by atoms with Crippen LogP contribution < -0.4 is 5.32 Å². The zero-order valence-electron chi connectivity index (χ0n) is 28.7. The van der Waals surface area contributed by atoms with Crippen LogP contribution in [0.5, 0.6) is 0 Å². The van der Waals surface area contributed by atoms with Crippen molar-refractivity contribution in [3.63, 3.8) is 0 Å². The van der Waals surface area contributed by atoms with Crippen LogP contribution in [-0.4, -0.2) is 56.2 Å². The van der Waals surface area contributed by atoms with Gasteiger partial charge < -0.3 is 10.2 Å². The monoisotopic (exact) mass is 622 g/mol. The van der Waals surface area contributed by atoms with E-state index in [0.717, 1.165) is 48.9 Å². The summed E-state index contributed by atoms with van der Waals surface area (Å²) < 4.78 is 31.7. The third-order valence-corrected chi connectivity index (χ3v) is 14.5. The molecule has 0 heterocycles. The summed E-state index contributed by atoms with van der Waals surface area (Å²) in [7, 11) is -0.0608. The minimum absolute atomic E-state index is 0.0687. The minimum atomic E-state index is -3.96. The average molecular weight is 623 g/mol. The van der Waals surface area contributed by atoms with E-state index in [9.17, 15) is 17.8 Å². The van der Waals surface area contributed by atoms with Gasteiger partial charge in [-0.15, -0.1) is 0 Å². The Morgan fingerprint density at radius 3 is 2.33 bits per heavy atom. The Morgan fingerprint density at radius 1 is 0.907 bits per heavy atom. The van der Waals surface area contributed by atoms with Crippen molar-refractivity contribution < 1.29 is 17.8 Å². The molecule has 4 rings (SSSR count). The Morgan fingerprint density at radius 2 is 1.65 bits per heavy atom. The molecule has 0 spiro atoms. The second-order valence-corrected chi connectivity index (χ2v) is 18.2. The zero-order chi connectivity index (χ0) is 31.6. The fourth-order valence-corrected chi connectivity index (χ4v) is 12.0. The molecule has 2 N–H and O–H groups in total. The van der Waals surface area contributed by atoms with Gasteiger partial charge in [-0.25, -0.2) is 0 Å². The number of carbonyl (C=O) groups is 1. The molecule has 7 heteroatoms. The molecule has 0 aromatic rings. The van der Waals surface area contributed by atoms with Crippen molar-refractivity contribution in [1.82, 2.24) is 10.2 Å². The van der Waals surface area contributed by atoms with Gasteiger partial charge in [-0.3, -0.25) is 9.35 Å². The largest absolute Gasteiger partial charge is 0.356 e. The molecule has 6 nitrogen and oxygen atoms in total. The summed E-state index contributed by atoms with van der Waals surface area (Å²) in [6, 6.07) is 0.0687. The van der Waals surface area contributed by atoms with E-state index in [4.69, 9.17) is 0 Å². The summed E-state index contributed by atoms with van der Waals surface area (Å²) in [6.45, 7) is 13.1. The van der Waals surface area contributed by atoms with Gasteiger partial charge in [-0.2, -0.15) is 8.42 Å². The first-order valence-electron chi connectivity index (χ1n) is 18.1. The molecule has 0 aromatic carbocycles. The van der Waals surface area contributed by atoms with Crippen LogP contribution in [0, 0.1) is 58.2 Å². The van der Waals surface area contributed by atoms with Crippen LogP contribution in [0.3, 0.4) is 0 Å². The number of nitrogens with zero attached hydrogens (tertiary/aromatic N) is 1. The van der Waals surface area contributed by atoms with Crippen molar-refractivity contribution in [3.05, 3.63) is 0 Å². The summed E-state index contributed by atoms with van der Waals surface area (Å²) >= 11 is 0. The van der Waals surface area contributed by atoms with E-state index in [1.165, 1.54) is 70.6 Å². The van der Waals surface area contributed by atoms with Gasteiger partial charge in [0.2, 0.25) is 5.91 Å². The van der Waals surface area contributed by atoms with Crippen LogP contribution in [0.15, 0.2) is 0 Å². The Kier molecular flexibility index (Phi) is 11.8. The predicted octanol–water partition coefficient (Wildman–Crippen LogP) is 7.83. The number of amides is 1. The van der Waals surface area contributed by atoms with Crippen molar-refractivity contribution >= 4 is 16.0 Å². The van der Waals surface area contributed by atoms with E-state index < -0.39 is 10.1 Å². The number of carbonyl (C=O) groups excluding carboxylic acids is 1. The van der Waals surface area contributed by atoms with Gasteiger partial charge in [0.25, 0.3) is 10.1 Å². The molecule has 43 heavy (non-hydrogen) atoms. The van der Waals surface area contributed by atoms with Gasteiger partial charge in [0.1, 0.15) is 0 Å². The summed E-state index contributed by atoms with van der Waals surface area (Å²) in [5, 5.41) is 3.35. The van der Waals surface area contributed by atoms with Crippen molar-refractivity contribution in [3.8, 4) is 0 Å². The second-order valence-electron chi connectivity index (χ2n) is 16.7. The van der Waals surface area contributed by atoms with Crippen molar-refractivity contribution in [2.24, 2.45) is 58.2 Å². The first kappa shape index (κ1) is 35.2. The van der Waals surface area contributed by atoms with Gasteiger partial charge in [0.05, 0.1) is 5.75 Å². The molecule has 4 fully saturated rings. The van der Waals surface area contributed by atoms with Crippen LogP contribution in [0.1, 0.15) is 131 Å². The standard InChI is InChI=1S/C36H66N2O4S/c1-25(2)11-8-12-26(3)30-18-19-31-29-17-16-27-13-9-15-33(36(27,5)32(29)20-22-35(30,31)4)34(39)37-23-10-14-28(38(6)7)21-24-43(40,41)42/h25-33H,8-24H2,1-7H3,(H,37,39)(H,40,41,42)/t26-,27?,28?,29+,30-,31+,32+,33?,35-,36+/m1/s1. The number of hydrogen-bond acceptors (Lipinski definition) is 4. The van der Waals surface area contributed by atoms with Crippen molar-refractivity contribution in [2.75, 3.05) is 26.4 Å². The predicted molar refractivity (Wildman–Crippen MR) is 177 cm³/mol. The van der Waals surface area contributed by atoms with Crippen LogP contribution in [-0.2, 0) is 14.9 Å². The Balaban J connectivity index is 1.38. The number of nitrogens with one attached hydrogen (secondary N) is 1. The molecule has 0 bridgehead atoms. The van der Waals surface area contributed by atoms with E-state index in [1.807, 2.05) is 19.0 Å². The van der Waals surface area contributed by atoms with Gasteiger partial charge >= 0.3 is 0 Å². The van der Waals surface area contributed by atoms with Gasteiger partial charge in [0.15, 0.2) is 0 Å². The average Bonchev–Trinajstić information content (AvgIpc) is 3.28. The fourth-order valence-electron chi connectivity index (χ4n) is 11.4. The maximum atomic E-state index is 13.9. The van der Waals surface area contributed by atoms with Gasteiger partial charge in [0, 0.05) is 18.5 Å². The van der Waals surface area contributed by atoms with Crippen LogP contribution in [0.4, 0.5) is 0 Å². The molecule has 0 aromatic heterocycles. The molecule has 3 unspecified atom stereocenters. The molecule has 250 valence electrons. The summed E-state index contributed by atoms with van der Waals surface area (Å²) in [5.41, 5.74) is 0.585. The highest BCUT2D eigenvalue weighted by Gasteiger charge is 2.62. The molecule has 4 aliphatic carbocycles. The Bertz CT molecular complexity index is 1030. The summed E-state index contributed by atoms with van der Waals surface area (Å²) in [5.74, 6) is 5.62. The van der Waals surface area contributed by atoms with E-state index in [0.29, 0.717) is 30.2 Å². The molecule has 1 amide bonds. The lowest BCUT2D eigenvalue weighted by Crippen LogP contribution is -2.58. The molecular weight excluding hydrogens is 556 g/mol. The van der Waals surface area contributed by atoms with Crippen molar-refractivity contribution in [2.45, 2.75) is 137 Å². The maximum absolute atomic E-state index is 13.9. The first-order valence-corrected chi connectivity index (χ1v) is 19.7. The maximum Gasteiger partial charge on any atom is 0.264 e. The fraction of sp³-hybridized carbons (Fsp3) is 0.972. The lowest BCUT2D eigenvalue weighted by molar-refractivity contribution is -0.159. The minimum Gasteiger partial charge on any atom is -0.356 e. The Hall–Kier alpha value is -0.660. The first-order chi connectivity index (χ1) is 20.2. The lowest BCUT2D eigenvalue weighted by Gasteiger charge is -2.62. The summed E-state index contributed by atoms with van der Waals surface area (Å²) in [4.78, 5) is 15.9. The number of hydrogen-bond donors (Lipinski definition) is 2.